The molecule has 2 aromatic carbocycles. The molecule has 3 aromatic rings. The van der Waals surface area contributed by atoms with Crippen LogP contribution in [0.25, 0.3) is 0 Å². The Kier molecular flexibility index (Phi) is 5.20. The average Bonchev–Trinajstić information content (AvgIpc) is 3.18. The fourth-order valence-electron chi connectivity index (χ4n) is 3.37. The minimum Gasteiger partial charge on any atom is -0.266 e. The quantitative estimate of drug-likeness (QED) is 0.656. The maximum Gasteiger partial charge on any atom is 0.285 e. The van der Waals surface area contributed by atoms with E-state index in [4.69, 9.17) is 0 Å². The highest BCUT2D eigenvalue weighted by Crippen LogP contribution is 2.34. The summed E-state index contributed by atoms with van der Waals surface area (Å²) in [6.45, 7) is 3.76. The Morgan fingerprint density at radius 3 is 2.24 bits per heavy atom. The average molecular weight is 386 g/mol. The van der Waals surface area contributed by atoms with Gasteiger partial charge in [0.2, 0.25) is 5.95 Å². The first kappa shape index (κ1) is 18.6. The monoisotopic (exact) mass is 386 g/mol. The lowest BCUT2D eigenvalue weighted by Gasteiger charge is -2.23. The van der Waals surface area contributed by atoms with E-state index in [1.165, 1.54) is 0 Å². The molecule has 1 aliphatic rings. The van der Waals surface area contributed by atoms with Crippen molar-refractivity contribution in [2.24, 2.45) is 5.10 Å². The number of aryl methyl sites for hydroxylation is 2. The summed E-state index contributed by atoms with van der Waals surface area (Å²) in [5, 5.41) is 6.52. The van der Waals surface area contributed by atoms with E-state index in [9.17, 15) is 4.79 Å². The van der Waals surface area contributed by atoms with E-state index in [0.717, 1.165) is 22.6 Å². The Morgan fingerprint density at radius 2 is 1.59 bits per heavy atom. The highest BCUT2D eigenvalue weighted by atomic mass is 16.2. The second kappa shape index (κ2) is 8.10. The van der Waals surface area contributed by atoms with Gasteiger partial charge >= 0.3 is 0 Å². The van der Waals surface area contributed by atoms with Crippen molar-refractivity contribution in [2.75, 3.05) is 10.4 Å². The number of nitrogens with zero attached hydrogens (tertiary/aromatic N) is 4. The molecule has 0 aliphatic carbocycles. The first-order chi connectivity index (χ1) is 14.1. The van der Waals surface area contributed by atoms with Gasteiger partial charge in [-0.1, -0.05) is 48.5 Å². The summed E-state index contributed by atoms with van der Waals surface area (Å²) in [5.41, 5.74) is 9.60. The molecule has 4 rings (SSSR count). The van der Waals surface area contributed by atoms with Gasteiger partial charge in [-0.05, 0) is 37.6 Å². The molecule has 0 saturated carbocycles. The van der Waals surface area contributed by atoms with Crippen LogP contribution in [0.15, 0.2) is 71.8 Å². The third kappa shape index (κ3) is 4.24. The molecule has 0 bridgehead atoms. The van der Waals surface area contributed by atoms with E-state index in [0.29, 0.717) is 18.1 Å². The first-order valence-corrected chi connectivity index (χ1v) is 9.45. The lowest BCUT2D eigenvalue weighted by Crippen LogP contribution is -2.35. The number of nitrogens with one attached hydrogen (secondary N) is 2. The number of para-hydroxylation sites is 1. The Bertz CT molecular complexity index is 1020. The normalized spacial score (nSPS) is 15.7. The smallest absolute Gasteiger partial charge is 0.266 e. The van der Waals surface area contributed by atoms with Crippen molar-refractivity contribution >= 4 is 23.3 Å². The van der Waals surface area contributed by atoms with E-state index in [2.05, 4.69) is 38.1 Å². The molecule has 29 heavy (non-hydrogen) atoms. The van der Waals surface area contributed by atoms with Crippen LogP contribution in [0.3, 0.4) is 0 Å². The maximum absolute atomic E-state index is 12.8. The molecule has 2 heterocycles. The Labute approximate surface area is 169 Å². The molecule has 0 unspecified atom stereocenters. The van der Waals surface area contributed by atoms with Crippen LogP contribution in [-0.2, 0) is 4.79 Å². The van der Waals surface area contributed by atoms with Crippen molar-refractivity contribution in [1.29, 1.82) is 0 Å². The molecule has 0 saturated heterocycles. The van der Waals surface area contributed by atoms with Gasteiger partial charge in [0.1, 0.15) is 5.71 Å². The van der Waals surface area contributed by atoms with Gasteiger partial charge in [0, 0.05) is 17.8 Å². The number of carbonyl (C=O) groups is 1. The van der Waals surface area contributed by atoms with Gasteiger partial charge in [0.15, 0.2) is 0 Å². The summed E-state index contributed by atoms with van der Waals surface area (Å²) < 4.78 is 0. The van der Waals surface area contributed by atoms with Crippen LogP contribution in [-0.4, -0.2) is 21.6 Å². The van der Waals surface area contributed by atoms with E-state index < -0.39 is 0 Å². The number of hydrazone groups is 1. The Morgan fingerprint density at radius 1 is 0.966 bits per heavy atom. The van der Waals surface area contributed by atoms with E-state index in [1.807, 2.05) is 73.5 Å². The first-order valence-electron chi connectivity index (χ1n) is 9.45. The molecule has 0 radical (unpaired) electrons. The molecule has 7 heteroatoms. The molecule has 146 valence electrons. The second-order valence-electron chi connectivity index (χ2n) is 6.91. The van der Waals surface area contributed by atoms with Gasteiger partial charge in [0.05, 0.1) is 11.7 Å². The van der Waals surface area contributed by atoms with Crippen molar-refractivity contribution in [3.05, 3.63) is 83.7 Å². The number of benzene rings is 2. The minimum atomic E-state index is -0.299. The molecule has 7 nitrogen and oxygen atoms in total. The SMILES string of the molecule is Cc1cc(C)nc(NNC(=O)C2=NN(c3ccccc3)[C@@H](c3ccccc3)C2)n1. The number of carbonyl (C=O) groups excluding carboxylic acids is 1. The van der Waals surface area contributed by atoms with Crippen molar-refractivity contribution < 1.29 is 4.79 Å². The maximum atomic E-state index is 12.8. The Hall–Kier alpha value is -3.74. The zero-order valence-electron chi connectivity index (χ0n) is 16.3. The van der Waals surface area contributed by atoms with Gasteiger partial charge < -0.3 is 0 Å². The summed E-state index contributed by atoms with van der Waals surface area (Å²) >= 11 is 0. The summed E-state index contributed by atoms with van der Waals surface area (Å²) in [4.78, 5) is 21.3. The molecule has 1 aliphatic heterocycles. The zero-order chi connectivity index (χ0) is 20.2. The van der Waals surface area contributed by atoms with Crippen LogP contribution in [0.2, 0.25) is 0 Å². The van der Waals surface area contributed by atoms with Crippen LogP contribution >= 0.6 is 0 Å². The van der Waals surface area contributed by atoms with Gasteiger partial charge in [-0.3, -0.25) is 20.7 Å². The van der Waals surface area contributed by atoms with Gasteiger partial charge in [-0.15, -0.1) is 0 Å². The van der Waals surface area contributed by atoms with Crippen LogP contribution in [0.1, 0.15) is 29.4 Å². The third-order valence-corrected chi connectivity index (χ3v) is 4.65. The predicted octanol–water partition coefficient (Wildman–Crippen LogP) is 3.54. The van der Waals surface area contributed by atoms with Gasteiger partial charge in [-0.2, -0.15) is 5.10 Å². The standard InChI is InChI=1S/C22H22N6O/c1-15-13-16(2)24-22(23-15)26-25-21(29)19-14-20(17-9-5-3-6-10-17)28(27-19)18-11-7-4-8-12-18/h3-13,20H,14H2,1-2H3,(H,25,29)(H,23,24,26)/t20-/m1/s1. The molecule has 1 atom stereocenters. The molecular formula is C22H22N6O. The van der Waals surface area contributed by atoms with Crippen LogP contribution in [0, 0.1) is 13.8 Å². The van der Waals surface area contributed by atoms with E-state index in [-0.39, 0.29) is 11.9 Å². The van der Waals surface area contributed by atoms with E-state index in [1.54, 1.807) is 0 Å². The molecule has 0 spiro atoms. The largest absolute Gasteiger partial charge is 0.285 e. The van der Waals surface area contributed by atoms with Crippen LogP contribution < -0.4 is 15.9 Å². The zero-order valence-corrected chi connectivity index (χ0v) is 16.3. The highest BCUT2D eigenvalue weighted by Gasteiger charge is 2.32. The second-order valence-corrected chi connectivity index (χ2v) is 6.91. The fraction of sp³-hybridized carbons (Fsp3) is 0.182. The summed E-state index contributed by atoms with van der Waals surface area (Å²) in [7, 11) is 0. The molecule has 1 aromatic heterocycles. The topological polar surface area (TPSA) is 82.5 Å². The summed E-state index contributed by atoms with van der Waals surface area (Å²) in [5.74, 6) is 0.0566. The number of rotatable bonds is 5. The summed E-state index contributed by atoms with van der Waals surface area (Å²) in [6.07, 6.45) is 0.500. The number of hydrogen-bond donors (Lipinski definition) is 2. The molecule has 1 amide bonds. The third-order valence-electron chi connectivity index (χ3n) is 4.65. The van der Waals surface area contributed by atoms with Gasteiger partial charge in [0.25, 0.3) is 5.91 Å². The van der Waals surface area contributed by atoms with Gasteiger partial charge in [-0.25, -0.2) is 9.97 Å². The molecule has 0 fully saturated rings. The number of aromatic nitrogens is 2. The molecule has 2 N–H and O–H groups in total. The van der Waals surface area contributed by atoms with E-state index >= 15 is 0 Å². The van der Waals surface area contributed by atoms with Crippen molar-refractivity contribution in [2.45, 2.75) is 26.3 Å². The van der Waals surface area contributed by atoms with Crippen molar-refractivity contribution in [3.8, 4) is 0 Å². The highest BCUT2D eigenvalue weighted by molar-refractivity contribution is 6.39. The number of amides is 1. The summed E-state index contributed by atoms with van der Waals surface area (Å²) in [6, 6.07) is 21.8. The minimum absolute atomic E-state index is 0.0446. The van der Waals surface area contributed by atoms with Crippen molar-refractivity contribution in [1.82, 2.24) is 15.4 Å². The lowest BCUT2D eigenvalue weighted by molar-refractivity contribution is -0.114. The number of anilines is 2. The van der Waals surface area contributed by atoms with Crippen molar-refractivity contribution in [3.63, 3.8) is 0 Å². The number of hydrogen-bond acceptors (Lipinski definition) is 6. The molecular weight excluding hydrogens is 364 g/mol. The van der Waals surface area contributed by atoms with Crippen LogP contribution in [0.4, 0.5) is 11.6 Å². The fourth-order valence-corrected chi connectivity index (χ4v) is 3.37. The lowest BCUT2D eigenvalue weighted by atomic mass is 10.0. The Balaban J connectivity index is 1.54. The van der Waals surface area contributed by atoms with Crippen LogP contribution in [0.5, 0.6) is 0 Å². The number of hydrazine groups is 1. The predicted molar refractivity (Wildman–Crippen MR) is 113 cm³/mol.